The van der Waals surface area contributed by atoms with Gasteiger partial charge in [-0.3, -0.25) is 24.0 Å². The molecule has 0 saturated carbocycles. The number of hydrogen-bond donors (Lipinski definition) is 8. The number of nitrogens with one attached hydrogen (secondary N) is 4. The summed E-state index contributed by atoms with van der Waals surface area (Å²) in [7, 11) is 0. The van der Waals surface area contributed by atoms with Crippen molar-refractivity contribution in [2.75, 3.05) is 6.54 Å². The van der Waals surface area contributed by atoms with E-state index in [1.807, 2.05) is 0 Å². The molecule has 0 aromatic carbocycles. The first-order valence-corrected chi connectivity index (χ1v) is 9.89. The molecule has 0 spiro atoms. The molecule has 3 unspecified atom stereocenters. The molecule has 0 aliphatic heterocycles. The van der Waals surface area contributed by atoms with Crippen LogP contribution >= 0.6 is 0 Å². The third kappa shape index (κ3) is 10.7. The van der Waals surface area contributed by atoms with Gasteiger partial charge in [-0.1, -0.05) is 0 Å². The summed E-state index contributed by atoms with van der Waals surface area (Å²) in [6.07, 6.45) is 2.18. The number of aliphatic carboxylic acids is 1. The highest BCUT2D eigenvalue weighted by Crippen LogP contribution is 2.02. The van der Waals surface area contributed by atoms with E-state index in [2.05, 4.69) is 25.9 Å². The Morgan fingerprint density at radius 2 is 1.61 bits per heavy atom. The molecule has 182 valence electrons. The summed E-state index contributed by atoms with van der Waals surface area (Å²) in [5, 5.41) is 16.0. The third-order valence-electron chi connectivity index (χ3n) is 4.39. The van der Waals surface area contributed by atoms with Gasteiger partial charge < -0.3 is 43.2 Å². The Labute approximate surface area is 188 Å². The molecule has 33 heavy (non-hydrogen) atoms. The number of rotatable bonds is 15. The summed E-state index contributed by atoms with van der Waals surface area (Å²) in [6, 6.07) is -3.62. The van der Waals surface area contributed by atoms with E-state index >= 15 is 0 Å². The average molecular weight is 468 g/mol. The smallest absolute Gasteiger partial charge is 0.326 e. The van der Waals surface area contributed by atoms with Gasteiger partial charge in [-0.05, 0) is 12.8 Å². The van der Waals surface area contributed by atoms with E-state index < -0.39 is 60.2 Å². The fourth-order valence-electron chi connectivity index (χ4n) is 2.61. The molecule has 11 N–H and O–H groups in total. The monoisotopic (exact) mass is 468 g/mol. The number of imidazole rings is 1. The van der Waals surface area contributed by atoms with Gasteiger partial charge >= 0.3 is 5.97 Å². The molecule has 0 aliphatic rings. The van der Waals surface area contributed by atoms with E-state index in [1.54, 1.807) is 0 Å². The maximum Gasteiger partial charge on any atom is 0.326 e. The average Bonchev–Trinajstić information content (AvgIpc) is 3.25. The zero-order valence-corrected chi connectivity index (χ0v) is 17.7. The molecule has 5 amide bonds. The highest BCUT2D eigenvalue weighted by Gasteiger charge is 2.26. The molecule has 1 aromatic rings. The van der Waals surface area contributed by atoms with Crippen LogP contribution in [0, 0.1) is 0 Å². The third-order valence-corrected chi connectivity index (χ3v) is 4.39. The Bertz CT molecular complexity index is 858. The lowest BCUT2D eigenvalue weighted by Gasteiger charge is -2.20. The maximum absolute atomic E-state index is 12.6. The topological polar surface area (TPSA) is 265 Å². The summed E-state index contributed by atoms with van der Waals surface area (Å²) in [5.74, 6) is -5.02. The number of carbonyl (C=O) groups excluding carboxylic acids is 5. The van der Waals surface area contributed by atoms with Crippen LogP contribution in [0.3, 0.4) is 0 Å². The van der Waals surface area contributed by atoms with Crippen LogP contribution < -0.4 is 33.2 Å². The molecule has 15 nitrogen and oxygen atoms in total. The molecule has 15 heteroatoms. The minimum atomic E-state index is -1.37. The Morgan fingerprint density at radius 3 is 2.15 bits per heavy atom. The number of nitrogens with zero attached hydrogens (tertiary/aromatic N) is 1. The van der Waals surface area contributed by atoms with Crippen molar-refractivity contribution >= 4 is 35.5 Å². The van der Waals surface area contributed by atoms with Crippen molar-refractivity contribution in [1.29, 1.82) is 0 Å². The minimum Gasteiger partial charge on any atom is -0.480 e. The van der Waals surface area contributed by atoms with Gasteiger partial charge in [0.25, 0.3) is 0 Å². The van der Waals surface area contributed by atoms with Gasteiger partial charge in [-0.25, -0.2) is 9.78 Å². The molecule has 0 aliphatic carbocycles. The highest BCUT2D eigenvalue weighted by molar-refractivity contribution is 5.93. The number of nitrogens with two attached hydrogens (primary N) is 3. The number of carboxylic acids is 1. The van der Waals surface area contributed by atoms with Gasteiger partial charge in [0.05, 0.1) is 18.9 Å². The van der Waals surface area contributed by atoms with E-state index in [4.69, 9.17) is 22.3 Å². The van der Waals surface area contributed by atoms with Gasteiger partial charge in [0.1, 0.15) is 12.1 Å². The van der Waals surface area contributed by atoms with Crippen LogP contribution in [-0.2, 0) is 35.2 Å². The molecule has 1 heterocycles. The Kier molecular flexibility index (Phi) is 11.0. The normalized spacial score (nSPS) is 13.2. The zero-order chi connectivity index (χ0) is 25.0. The number of primary amides is 2. The zero-order valence-electron chi connectivity index (χ0n) is 17.7. The number of aromatic nitrogens is 2. The van der Waals surface area contributed by atoms with Crippen LogP contribution in [0.25, 0.3) is 0 Å². The molecule has 0 fully saturated rings. The SMILES string of the molecule is NC(=O)CCC(N)C(=O)NC(Cc1cnc[nH]1)C(=O)NCC(=O)NC(CCC(N)=O)C(=O)O. The first-order valence-electron chi connectivity index (χ1n) is 9.89. The first kappa shape index (κ1) is 27.0. The van der Waals surface area contributed by atoms with Crippen molar-refractivity contribution in [2.45, 2.75) is 50.2 Å². The molecule has 1 rings (SSSR count). The second-order valence-corrected chi connectivity index (χ2v) is 7.13. The van der Waals surface area contributed by atoms with Gasteiger partial charge in [0, 0.05) is 31.2 Å². The number of aromatic amines is 1. The molecular weight excluding hydrogens is 440 g/mol. The van der Waals surface area contributed by atoms with Crippen LogP contribution in [0.2, 0.25) is 0 Å². The van der Waals surface area contributed by atoms with Crippen molar-refractivity contribution in [1.82, 2.24) is 25.9 Å². The minimum absolute atomic E-state index is 0.0158. The summed E-state index contributed by atoms with van der Waals surface area (Å²) >= 11 is 0. The van der Waals surface area contributed by atoms with E-state index in [0.717, 1.165) is 0 Å². The number of carboxylic acid groups (broad SMARTS) is 1. The van der Waals surface area contributed by atoms with Crippen molar-refractivity contribution < 1.29 is 33.9 Å². The van der Waals surface area contributed by atoms with Crippen LogP contribution in [0.15, 0.2) is 12.5 Å². The summed E-state index contributed by atoms with van der Waals surface area (Å²) in [4.78, 5) is 76.5. The quantitative estimate of drug-likeness (QED) is 0.124. The lowest BCUT2D eigenvalue weighted by Crippen LogP contribution is -2.54. The predicted molar refractivity (Wildman–Crippen MR) is 112 cm³/mol. The van der Waals surface area contributed by atoms with E-state index in [-0.39, 0.29) is 32.1 Å². The van der Waals surface area contributed by atoms with Crippen LogP contribution in [-0.4, -0.2) is 75.2 Å². The van der Waals surface area contributed by atoms with E-state index in [1.165, 1.54) is 12.5 Å². The lowest BCUT2D eigenvalue weighted by atomic mass is 10.1. The van der Waals surface area contributed by atoms with E-state index in [9.17, 15) is 28.8 Å². The second kappa shape index (κ2) is 13.4. The van der Waals surface area contributed by atoms with Crippen molar-refractivity contribution in [3.63, 3.8) is 0 Å². The first-order chi connectivity index (χ1) is 15.5. The lowest BCUT2D eigenvalue weighted by molar-refractivity contribution is -0.142. The second-order valence-electron chi connectivity index (χ2n) is 7.13. The molecule has 0 radical (unpaired) electrons. The molecular formula is C18H28N8O7. The Hall–Kier alpha value is -4.01. The highest BCUT2D eigenvalue weighted by atomic mass is 16.4. The Balaban J connectivity index is 2.71. The van der Waals surface area contributed by atoms with Crippen LogP contribution in [0.5, 0.6) is 0 Å². The maximum atomic E-state index is 12.6. The number of H-pyrrole nitrogens is 1. The fourth-order valence-corrected chi connectivity index (χ4v) is 2.61. The van der Waals surface area contributed by atoms with Gasteiger partial charge in [-0.2, -0.15) is 0 Å². The van der Waals surface area contributed by atoms with Crippen LogP contribution in [0.4, 0.5) is 0 Å². The van der Waals surface area contributed by atoms with Gasteiger partial charge in [0.2, 0.25) is 29.5 Å². The number of carbonyl (C=O) groups is 6. The van der Waals surface area contributed by atoms with Crippen molar-refractivity contribution in [3.05, 3.63) is 18.2 Å². The summed E-state index contributed by atoms with van der Waals surface area (Å²) < 4.78 is 0. The van der Waals surface area contributed by atoms with Gasteiger partial charge in [0.15, 0.2) is 0 Å². The number of hydrogen-bond acceptors (Lipinski definition) is 8. The molecule has 1 aromatic heterocycles. The number of amides is 5. The Morgan fingerprint density at radius 1 is 0.970 bits per heavy atom. The molecule has 3 atom stereocenters. The van der Waals surface area contributed by atoms with Crippen LogP contribution in [0.1, 0.15) is 31.4 Å². The van der Waals surface area contributed by atoms with E-state index in [0.29, 0.717) is 5.69 Å². The predicted octanol–water partition coefficient (Wildman–Crippen LogP) is -4.02. The standard InChI is InChI=1S/C18H28N8O7/c19-10(1-3-13(20)27)16(30)26-12(5-9-6-22-8-24-9)17(31)23-7-15(29)25-11(18(32)33)2-4-14(21)28/h6,8,10-12H,1-5,7,19H2,(H2,20,27)(H2,21,28)(H,22,24)(H,23,31)(H,25,29)(H,26,30)(H,32,33). The fraction of sp³-hybridized carbons (Fsp3) is 0.500. The molecule has 0 saturated heterocycles. The summed E-state index contributed by atoms with van der Waals surface area (Å²) in [5.41, 5.74) is 16.2. The van der Waals surface area contributed by atoms with Gasteiger partial charge in [-0.15, -0.1) is 0 Å². The molecule has 0 bridgehead atoms. The van der Waals surface area contributed by atoms with Crippen molar-refractivity contribution in [2.24, 2.45) is 17.2 Å². The largest absolute Gasteiger partial charge is 0.480 e. The van der Waals surface area contributed by atoms with Crippen molar-refractivity contribution in [3.8, 4) is 0 Å². The summed E-state index contributed by atoms with van der Waals surface area (Å²) in [6.45, 7) is -0.595.